The van der Waals surface area contributed by atoms with E-state index in [1.165, 1.54) is 11.8 Å². The summed E-state index contributed by atoms with van der Waals surface area (Å²) in [4.78, 5) is 38.4. The van der Waals surface area contributed by atoms with E-state index in [1.807, 2.05) is 19.9 Å². The number of Topliss-reactive ketones (excluding diaryl/α,β-unsaturated/α-hetero) is 1. The first-order valence-corrected chi connectivity index (χ1v) is 7.82. The molecule has 1 amide bonds. The van der Waals surface area contributed by atoms with Crippen LogP contribution in [0.1, 0.15) is 40.2 Å². The van der Waals surface area contributed by atoms with Crippen molar-refractivity contribution < 1.29 is 9.59 Å². The molecule has 2 rings (SSSR count). The fraction of sp³-hybridized carbons (Fsp3) is 0.438. The lowest BCUT2D eigenvalue weighted by Gasteiger charge is -2.25. The fourth-order valence-corrected chi connectivity index (χ4v) is 2.53. The SMILES string of the molecule is CCC(C(C)=O)n1nnn(C(=O)N(c2ccccc2)C(C)C)c1=O. The molecule has 1 aromatic heterocycles. The molecule has 0 bridgehead atoms. The third-order valence-corrected chi connectivity index (χ3v) is 3.69. The lowest BCUT2D eigenvalue weighted by molar-refractivity contribution is -0.120. The molecule has 0 aliphatic rings. The Hall–Kier alpha value is -2.77. The van der Waals surface area contributed by atoms with Gasteiger partial charge in [-0.15, -0.1) is 4.68 Å². The number of ketones is 1. The molecule has 1 atom stereocenters. The number of benzene rings is 1. The molecule has 24 heavy (non-hydrogen) atoms. The van der Waals surface area contributed by atoms with Crippen LogP contribution in [0.5, 0.6) is 0 Å². The summed E-state index contributed by atoms with van der Waals surface area (Å²) < 4.78 is 1.66. The molecule has 0 aliphatic carbocycles. The van der Waals surface area contributed by atoms with Gasteiger partial charge in [-0.1, -0.05) is 25.1 Å². The standard InChI is InChI=1S/C16H21N5O3/c1-5-14(12(4)22)20-16(24)21(18-17-20)15(23)19(11(2)3)13-9-7-6-8-10-13/h6-11,14H,5H2,1-4H3. The highest BCUT2D eigenvalue weighted by Gasteiger charge is 2.27. The van der Waals surface area contributed by atoms with Crippen LogP contribution >= 0.6 is 0 Å². The molecule has 1 unspecified atom stereocenters. The number of carbonyl (C=O) groups is 2. The van der Waals surface area contributed by atoms with E-state index in [0.717, 1.165) is 4.68 Å². The van der Waals surface area contributed by atoms with E-state index in [4.69, 9.17) is 0 Å². The Labute approximate surface area is 139 Å². The van der Waals surface area contributed by atoms with Crippen molar-refractivity contribution in [2.45, 2.75) is 46.2 Å². The monoisotopic (exact) mass is 331 g/mol. The minimum absolute atomic E-state index is 0.188. The normalized spacial score (nSPS) is 12.2. The van der Waals surface area contributed by atoms with Crippen LogP contribution in [0, 0.1) is 0 Å². The Kier molecular flexibility index (Phi) is 5.28. The van der Waals surface area contributed by atoms with Gasteiger partial charge in [0.1, 0.15) is 6.04 Å². The zero-order valence-electron chi connectivity index (χ0n) is 14.2. The quantitative estimate of drug-likeness (QED) is 0.780. The average molecular weight is 331 g/mol. The molecule has 0 N–H and O–H groups in total. The summed E-state index contributed by atoms with van der Waals surface area (Å²) in [6, 6.07) is 7.49. The zero-order chi connectivity index (χ0) is 17.9. The summed E-state index contributed by atoms with van der Waals surface area (Å²) in [6.45, 7) is 6.82. The van der Waals surface area contributed by atoms with Gasteiger partial charge in [0.15, 0.2) is 5.78 Å². The highest BCUT2D eigenvalue weighted by molar-refractivity contribution is 5.93. The number of nitrogens with zero attached hydrogens (tertiary/aromatic N) is 5. The summed E-state index contributed by atoms with van der Waals surface area (Å²) in [5.74, 6) is -0.206. The third kappa shape index (κ3) is 3.27. The summed E-state index contributed by atoms with van der Waals surface area (Å²) in [5.41, 5.74) is -0.0683. The minimum Gasteiger partial charge on any atom is -0.298 e. The lowest BCUT2D eigenvalue weighted by Crippen LogP contribution is -2.45. The molecule has 1 heterocycles. The van der Waals surface area contributed by atoms with Crippen molar-refractivity contribution in [3.63, 3.8) is 0 Å². The van der Waals surface area contributed by atoms with Crippen LogP contribution in [0.25, 0.3) is 0 Å². The Morgan fingerprint density at radius 2 is 1.79 bits per heavy atom. The summed E-state index contributed by atoms with van der Waals surface area (Å²) in [7, 11) is 0. The first-order valence-electron chi connectivity index (χ1n) is 7.82. The first kappa shape index (κ1) is 17.6. The number of aromatic nitrogens is 4. The number of anilines is 1. The topological polar surface area (TPSA) is 90.1 Å². The number of hydrogen-bond acceptors (Lipinski definition) is 5. The third-order valence-electron chi connectivity index (χ3n) is 3.69. The van der Waals surface area contributed by atoms with Crippen LogP contribution in [0.3, 0.4) is 0 Å². The van der Waals surface area contributed by atoms with Gasteiger partial charge in [-0.3, -0.25) is 9.69 Å². The highest BCUT2D eigenvalue weighted by atomic mass is 16.2. The largest absolute Gasteiger partial charge is 0.373 e. The van der Waals surface area contributed by atoms with Crippen molar-refractivity contribution in [1.82, 2.24) is 19.8 Å². The van der Waals surface area contributed by atoms with Crippen LogP contribution < -0.4 is 10.6 Å². The van der Waals surface area contributed by atoms with Gasteiger partial charge in [0, 0.05) is 11.7 Å². The Morgan fingerprint density at radius 3 is 2.29 bits per heavy atom. The second-order valence-electron chi connectivity index (χ2n) is 5.73. The molecule has 0 saturated carbocycles. The number of hydrogen-bond donors (Lipinski definition) is 0. The number of para-hydroxylation sites is 1. The second-order valence-corrected chi connectivity index (χ2v) is 5.73. The highest BCUT2D eigenvalue weighted by Crippen LogP contribution is 2.17. The van der Waals surface area contributed by atoms with Crippen LogP contribution in [-0.2, 0) is 4.79 Å². The van der Waals surface area contributed by atoms with E-state index >= 15 is 0 Å². The van der Waals surface area contributed by atoms with E-state index in [9.17, 15) is 14.4 Å². The van der Waals surface area contributed by atoms with Gasteiger partial charge in [0.05, 0.1) is 0 Å². The van der Waals surface area contributed by atoms with Gasteiger partial charge < -0.3 is 0 Å². The maximum Gasteiger partial charge on any atom is 0.373 e. The van der Waals surface area contributed by atoms with Gasteiger partial charge in [0.2, 0.25) is 0 Å². The molecule has 0 radical (unpaired) electrons. The Balaban J connectivity index is 2.44. The number of amides is 1. The van der Waals surface area contributed by atoms with E-state index < -0.39 is 17.8 Å². The zero-order valence-corrected chi connectivity index (χ0v) is 14.2. The second kappa shape index (κ2) is 7.20. The van der Waals surface area contributed by atoms with Crippen LogP contribution in [0.2, 0.25) is 0 Å². The maximum atomic E-state index is 12.8. The summed E-state index contributed by atoms with van der Waals surface area (Å²) in [5, 5.41) is 7.38. The molecular formula is C16H21N5O3. The van der Waals surface area contributed by atoms with Crippen molar-refractivity contribution in [3.05, 3.63) is 40.8 Å². The van der Waals surface area contributed by atoms with Crippen molar-refractivity contribution >= 4 is 17.5 Å². The molecule has 1 aromatic carbocycles. The Bertz CT molecular complexity index is 779. The van der Waals surface area contributed by atoms with E-state index in [0.29, 0.717) is 16.8 Å². The summed E-state index contributed by atoms with van der Waals surface area (Å²) >= 11 is 0. The number of carbonyl (C=O) groups excluding carboxylic acids is 2. The van der Waals surface area contributed by atoms with E-state index in [-0.39, 0.29) is 11.8 Å². The molecular weight excluding hydrogens is 310 g/mol. The number of tetrazole rings is 1. The fourth-order valence-electron chi connectivity index (χ4n) is 2.53. The molecule has 8 heteroatoms. The number of rotatable bonds is 5. The predicted octanol–water partition coefficient (Wildman–Crippen LogP) is 1.86. The minimum atomic E-state index is -0.719. The molecule has 0 spiro atoms. The average Bonchev–Trinajstić information content (AvgIpc) is 2.90. The van der Waals surface area contributed by atoms with Gasteiger partial charge in [-0.05, 0) is 49.8 Å². The maximum absolute atomic E-state index is 12.8. The van der Waals surface area contributed by atoms with Crippen LogP contribution in [0.4, 0.5) is 10.5 Å². The first-order chi connectivity index (χ1) is 11.4. The van der Waals surface area contributed by atoms with E-state index in [1.54, 1.807) is 31.2 Å². The van der Waals surface area contributed by atoms with Crippen LogP contribution in [-0.4, -0.2) is 37.6 Å². The van der Waals surface area contributed by atoms with Gasteiger partial charge in [-0.25, -0.2) is 9.59 Å². The summed E-state index contributed by atoms with van der Waals surface area (Å²) in [6.07, 6.45) is 0.398. The van der Waals surface area contributed by atoms with Gasteiger partial charge in [-0.2, -0.15) is 4.68 Å². The Morgan fingerprint density at radius 1 is 1.17 bits per heavy atom. The van der Waals surface area contributed by atoms with Crippen molar-refractivity contribution in [2.24, 2.45) is 0 Å². The predicted molar refractivity (Wildman–Crippen MR) is 89.1 cm³/mol. The molecule has 128 valence electrons. The smallest absolute Gasteiger partial charge is 0.298 e. The molecule has 0 aliphatic heterocycles. The molecule has 8 nitrogen and oxygen atoms in total. The molecule has 0 fully saturated rings. The van der Waals surface area contributed by atoms with E-state index in [2.05, 4.69) is 10.4 Å². The van der Waals surface area contributed by atoms with Crippen LogP contribution in [0.15, 0.2) is 35.1 Å². The van der Waals surface area contributed by atoms with Crippen molar-refractivity contribution in [1.29, 1.82) is 0 Å². The van der Waals surface area contributed by atoms with Gasteiger partial charge in [0.25, 0.3) is 0 Å². The molecule has 0 saturated heterocycles. The van der Waals surface area contributed by atoms with Gasteiger partial charge >= 0.3 is 11.7 Å². The molecule has 2 aromatic rings. The van der Waals surface area contributed by atoms with Crippen molar-refractivity contribution in [2.75, 3.05) is 4.90 Å². The lowest BCUT2D eigenvalue weighted by atomic mass is 10.1. The van der Waals surface area contributed by atoms with Crippen molar-refractivity contribution in [3.8, 4) is 0 Å².